The van der Waals surface area contributed by atoms with E-state index in [1.54, 1.807) is 19.1 Å². The molecule has 1 nitrogen and oxygen atoms in total. The van der Waals surface area contributed by atoms with Gasteiger partial charge in [-0.05, 0) is 54.3 Å². The number of halogens is 3. The highest BCUT2D eigenvalue weighted by molar-refractivity contribution is 6.31. The van der Waals surface area contributed by atoms with E-state index in [1.165, 1.54) is 6.07 Å². The first-order valence-corrected chi connectivity index (χ1v) is 6.63. The molecule has 0 aromatic heterocycles. The summed E-state index contributed by atoms with van der Waals surface area (Å²) in [5, 5.41) is 1.03. The Hall–Kier alpha value is -1.09. The summed E-state index contributed by atoms with van der Waals surface area (Å²) in [6, 6.07) is 8.16. The molecule has 0 spiro atoms. The van der Waals surface area contributed by atoms with Gasteiger partial charge >= 0.3 is 0 Å². The van der Waals surface area contributed by atoms with Crippen LogP contribution in [0.1, 0.15) is 28.3 Å². The van der Waals surface area contributed by atoms with Crippen molar-refractivity contribution in [2.75, 3.05) is 0 Å². The van der Waals surface area contributed by atoms with Crippen molar-refractivity contribution in [2.45, 2.75) is 19.9 Å². The summed E-state index contributed by atoms with van der Waals surface area (Å²) in [5.41, 5.74) is 9.29. The Balaban J connectivity index is 2.46. The van der Waals surface area contributed by atoms with Gasteiger partial charge in [0.05, 0.1) is 6.04 Å². The zero-order valence-electron chi connectivity index (χ0n) is 10.7. The van der Waals surface area contributed by atoms with E-state index in [4.69, 9.17) is 28.9 Å². The van der Waals surface area contributed by atoms with Crippen molar-refractivity contribution >= 4 is 23.2 Å². The molecule has 0 aliphatic heterocycles. The number of nitrogens with two attached hydrogens (primary N) is 1. The first-order valence-electron chi connectivity index (χ1n) is 5.87. The number of aryl methyl sites for hydroxylation is 2. The summed E-state index contributed by atoms with van der Waals surface area (Å²) >= 11 is 12.1. The minimum atomic E-state index is -0.400. The van der Waals surface area contributed by atoms with E-state index in [9.17, 15) is 4.39 Å². The average Bonchev–Trinajstić information content (AvgIpc) is 2.36. The van der Waals surface area contributed by atoms with Crippen LogP contribution in [0.5, 0.6) is 0 Å². The van der Waals surface area contributed by atoms with Crippen LogP contribution in [0.15, 0.2) is 30.3 Å². The van der Waals surface area contributed by atoms with Crippen LogP contribution in [0.3, 0.4) is 0 Å². The predicted molar refractivity (Wildman–Crippen MR) is 78.4 cm³/mol. The van der Waals surface area contributed by atoms with E-state index in [-0.39, 0.29) is 5.82 Å². The number of hydrogen-bond donors (Lipinski definition) is 1. The molecule has 2 aromatic carbocycles. The van der Waals surface area contributed by atoms with Crippen LogP contribution in [0.2, 0.25) is 10.0 Å². The van der Waals surface area contributed by atoms with Crippen LogP contribution in [0.4, 0.5) is 4.39 Å². The van der Waals surface area contributed by atoms with Gasteiger partial charge in [-0.3, -0.25) is 0 Å². The van der Waals surface area contributed by atoms with Gasteiger partial charge in [0, 0.05) is 10.0 Å². The van der Waals surface area contributed by atoms with Gasteiger partial charge in [-0.25, -0.2) is 4.39 Å². The highest BCUT2D eigenvalue weighted by Gasteiger charge is 2.15. The van der Waals surface area contributed by atoms with Gasteiger partial charge in [-0.15, -0.1) is 0 Å². The molecule has 0 heterocycles. The Labute approximate surface area is 122 Å². The molecular weight excluding hydrogens is 284 g/mol. The molecular formula is C15H14Cl2FN. The third kappa shape index (κ3) is 2.92. The van der Waals surface area contributed by atoms with Crippen molar-refractivity contribution in [1.82, 2.24) is 0 Å². The third-order valence-electron chi connectivity index (χ3n) is 3.15. The van der Waals surface area contributed by atoms with Crippen LogP contribution in [-0.4, -0.2) is 0 Å². The maximum atomic E-state index is 13.4. The minimum absolute atomic E-state index is 0.326. The van der Waals surface area contributed by atoms with Gasteiger partial charge < -0.3 is 5.73 Å². The SMILES string of the molecule is Cc1cc(C(N)c2ccc(Cl)c(C)c2)c(Cl)cc1F. The van der Waals surface area contributed by atoms with Gasteiger partial charge in [-0.2, -0.15) is 0 Å². The fourth-order valence-corrected chi connectivity index (χ4v) is 2.34. The van der Waals surface area contributed by atoms with Crippen LogP contribution in [0, 0.1) is 19.7 Å². The summed E-state index contributed by atoms with van der Waals surface area (Å²) < 4.78 is 13.4. The van der Waals surface area contributed by atoms with Crippen LogP contribution < -0.4 is 5.73 Å². The molecule has 0 bridgehead atoms. The highest BCUT2D eigenvalue weighted by Crippen LogP contribution is 2.30. The fourth-order valence-electron chi connectivity index (χ4n) is 1.96. The summed E-state index contributed by atoms with van der Waals surface area (Å²) in [5.74, 6) is -0.326. The molecule has 0 radical (unpaired) electrons. The van der Waals surface area contributed by atoms with Gasteiger partial charge in [0.25, 0.3) is 0 Å². The van der Waals surface area contributed by atoms with E-state index in [0.717, 1.165) is 11.1 Å². The Morgan fingerprint density at radius 3 is 2.32 bits per heavy atom. The molecule has 19 heavy (non-hydrogen) atoms. The van der Waals surface area contributed by atoms with E-state index in [2.05, 4.69) is 0 Å². The highest BCUT2D eigenvalue weighted by atomic mass is 35.5. The quantitative estimate of drug-likeness (QED) is 0.847. The summed E-state index contributed by atoms with van der Waals surface area (Å²) in [6.07, 6.45) is 0. The molecule has 0 amide bonds. The second-order valence-electron chi connectivity index (χ2n) is 4.61. The maximum Gasteiger partial charge on any atom is 0.127 e. The molecule has 0 aliphatic carbocycles. The lowest BCUT2D eigenvalue weighted by Gasteiger charge is -2.16. The molecule has 100 valence electrons. The standard InChI is InChI=1S/C15H14Cl2FN/c1-8-5-10(3-4-12(8)16)15(19)11-6-9(2)14(18)7-13(11)17/h3-7,15H,19H2,1-2H3. The van der Waals surface area contributed by atoms with Crippen molar-refractivity contribution in [3.05, 3.63) is 68.4 Å². The van der Waals surface area contributed by atoms with Crippen molar-refractivity contribution in [1.29, 1.82) is 0 Å². The molecule has 0 saturated carbocycles. The summed E-state index contributed by atoms with van der Waals surface area (Å²) in [7, 11) is 0. The fraction of sp³-hybridized carbons (Fsp3) is 0.200. The van der Waals surface area contributed by atoms with Crippen LogP contribution in [0.25, 0.3) is 0 Å². The molecule has 2 N–H and O–H groups in total. The van der Waals surface area contributed by atoms with Crippen molar-refractivity contribution < 1.29 is 4.39 Å². The number of benzene rings is 2. The number of rotatable bonds is 2. The van der Waals surface area contributed by atoms with E-state index < -0.39 is 6.04 Å². The van der Waals surface area contributed by atoms with Crippen molar-refractivity contribution in [3.63, 3.8) is 0 Å². The zero-order valence-corrected chi connectivity index (χ0v) is 12.2. The largest absolute Gasteiger partial charge is 0.320 e. The van der Waals surface area contributed by atoms with Crippen LogP contribution in [-0.2, 0) is 0 Å². The van der Waals surface area contributed by atoms with Gasteiger partial charge in [0.2, 0.25) is 0 Å². The second-order valence-corrected chi connectivity index (χ2v) is 5.42. The molecule has 0 saturated heterocycles. The smallest absolute Gasteiger partial charge is 0.127 e. The van der Waals surface area contributed by atoms with Gasteiger partial charge in [0.1, 0.15) is 5.82 Å². The molecule has 0 aliphatic rings. The monoisotopic (exact) mass is 297 g/mol. The maximum absolute atomic E-state index is 13.4. The lowest BCUT2D eigenvalue weighted by atomic mass is 9.97. The minimum Gasteiger partial charge on any atom is -0.320 e. The van der Waals surface area contributed by atoms with Crippen molar-refractivity contribution in [3.8, 4) is 0 Å². The normalized spacial score (nSPS) is 12.5. The Kier molecular flexibility index (Phi) is 4.14. The van der Waals surface area contributed by atoms with Crippen molar-refractivity contribution in [2.24, 2.45) is 5.73 Å². The van der Waals surface area contributed by atoms with Gasteiger partial charge in [0.15, 0.2) is 0 Å². The van der Waals surface area contributed by atoms with E-state index in [0.29, 0.717) is 21.2 Å². The molecule has 0 fully saturated rings. The third-order valence-corrected chi connectivity index (χ3v) is 3.91. The zero-order chi connectivity index (χ0) is 14.2. The topological polar surface area (TPSA) is 26.0 Å². The summed E-state index contributed by atoms with van der Waals surface area (Å²) in [6.45, 7) is 3.60. The molecule has 2 aromatic rings. The lowest BCUT2D eigenvalue weighted by Crippen LogP contribution is -2.13. The van der Waals surface area contributed by atoms with E-state index >= 15 is 0 Å². The number of hydrogen-bond acceptors (Lipinski definition) is 1. The Morgan fingerprint density at radius 1 is 1.00 bits per heavy atom. The molecule has 4 heteroatoms. The lowest BCUT2D eigenvalue weighted by molar-refractivity contribution is 0.617. The molecule has 2 rings (SSSR count). The Bertz CT molecular complexity index is 626. The molecule has 1 atom stereocenters. The van der Waals surface area contributed by atoms with Crippen LogP contribution >= 0.6 is 23.2 Å². The van der Waals surface area contributed by atoms with Gasteiger partial charge in [-0.1, -0.05) is 35.3 Å². The average molecular weight is 298 g/mol. The Morgan fingerprint density at radius 2 is 1.68 bits per heavy atom. The second kappa shape index (κ2) is 5.49. The predicted octanol–water partition coefficient (Wildman–Crippen LogP) is 4.80. The first kappa shape index (κ1) is 14.3. The summed E-state index contributed by atoms with van der Waals surface area (Å²) in [4.78, 5) is 0. The first-order chi connectivity index (χ1) is 8.90. The molecule has 1 unspecified atom stereocenters. The van der Waals surface area contributed by atoms with E-state index in [1.807, 2.05) is 19.1 Å².